The summed E-state index contributed by atoms with van der Waals surface area (Å²) in [5.41, 5.74) is 1.40. The maximum absolute atomic E-state index is 13.0. The molecule has 0 aliphatic carbocycles. The predicted molar refractivity (Wildman–Crippen MR) is 126 cm³/mol. The molecule has 1 amide bonds. The SMILES string of the molecule is CC(C)C[C@@H](NP(=O)([O-])O[C@@H]1O[C@@H](C)[C@@H](O)[C@@H](O)[C@H]1O)C(=O)N[C@H](Cc1c[nH]c2ccccc12)C(=O)[O-].[Na+].[Na+]. The van der Waals surface area contributed by atoms with Crippen molar-refractivity contribution < 1.29 is 108 Å². The van der Waals surface area contributed by atoms with Crippen LogP contribution in [0.3, 0.4) is 0 Å². The molecule has 0 radical (unpaired) electrons. The number of H-pyrrole nitrogens is 1. The number of para-hydroxylation sites is 1. The van der Waals surface area contributed by atoms with Crippen LogP contribution in [0, 0.1) is 5.92 Å². The van der Waals surface area contributed by atoms with Crippen molar-refractivity contribution in [1.29, 1.82) is 0 Å². The van der Waals surface area contributed by atoms with E-state index in [0.29, 0.717) is 5.56 Å². The van der Waals surface area contributed by atoms with Gasteiger partial charge in [-0.05, 0) is 30.9 Å². The molecule has 6 N–H and O–H groups in total. The van der Waals surface area contributed by atoms with E-state index in [-0.39, 0.29) is 77.9 Å². The third-order valence-electron chi connectivity index (χ3n) is 6.09. The summed E-state index contributed by atoms with van der Waals surface area (Å²) in [6, 6.07) is 4.31. The molecule has 1 aromatic heterocycles. The van der Waals surface area contributed by atoms with Gasteiger partial charge >= 0.3 is 59.1 Å². The van der Waals surface area contributed by atoms with Gasteiger partial charge in [0.05, 0.1) is 24.2 Å². The number of aromatic nitrogens is 1. The number of carboxylic acid groups (broad SMARTS) is 1. The zero-order valence-electron chi connectivity index (χ0n) is 22.6. The Morgan fingerprint density at radius 1 is 1.13 bits per heavy atom. The number of hydrogen-bond acceptors (Lipinski definition) is 10. The second-order valence-corrected chi connectivity index (χ2v) is 11.0. The fourth-order valence-electron chi connectivity index (χ4n) is 4.13. The van der Waals surface area contributed by atoms with Crippen LogP contribution >= 0.6 is 7.75 Å². The minimum Gasteiger partial charge on any atom is -0.766 e. The van der Waals surface area contributed by atoms with Crippen molar-refractivity contribution in [3.05, 3.63) is 36.0 Å². The van der Waals surface area contributed by atoms with Gasteiger partial charge in [0.2, 0.25) is 13.7 Å². The van der Waals surface area contributed by atoms with Crippen molar-refractivity contribution >= 4 is 30.5 Å². The summed E-state index contributed by atoms with van der Waals surface area (Å²) in [5, 5.41) is 46.7. The Bertz CT molecular complexity index is 1150. The molecular formula is C23H32N3Na2O10P. The maximum Gasteiger partial charge on any atom is 1.00 e. The molecule has 16 heteroatoms. The summed E-state index contributed by atoms with van der Waals surface area (Å²) >= 11 is 0. The molecule has 1 unspecified atom stereocenters. The Labute approximate surface area is 270 Å². The van der Waals surface area contributed by atoms with Gasteiger partial charge in [0.15, 0.2) is 6.29 Å². The van der Waals surface area contributed by atoms with E-state index >= 15 is 0 Å². The van der Waals surface area contributed by atoms with Crippen LogP contribution in [0.5, 0.6) is 0 Å². The van der Waals surface area contributed by atoms with Gasteiger partial charge in [-0.1, -0.05) is 32.0 Å². The summed E-state index contributed by atoms with van der Waals surface area (Å²) in [6.07, 6.45) is -6.47. The molecule has 1 aliphatic rings. The number of carbonyl (C=O) groups is 2. The molecule has 1 fully saturated rings. The van der Waals surface area contributed by atoms with Crippen molar-refractivity contribution in [3.8, 4) is 0 Å². The smallest absolute Gasteiger partial charge is 0.766 e. The number of aromatic amines is 1. The molecule has 0 spiro atoms. The quantitative estimate of drug-likeness (QED) is 0.107. The van der Waals surface area contributed by atoms with E-state index in [2.05, 4.69) is 15.4 Å². The average Bonchev–Trinajstić information content (AvgIpc) is 3.22. The molecule has 2 aromatic rings. The number of fused-ring (bicyclic) bond motifs is 1. The minimum atomic E-state index is -5.10. The van der Waals surface area contributed by atoms with Gasteiger partial charge in [0.25, 0.3) is 0 Å². The Balaban J connectivity index is 0.00000380. The van der Waals surface area contributed by atoms with Crippen molar-refractivity contribution in [1.82, 2.24) is 15.4 Å². The predicted octanol–water partition coefficient (Wildman–Crippen LogP) is -7.73. The van der Waals surface area contributed by atoms with E-state index in [4.69, 9.17) is 9.26 Å². The van der Waals surface area contributed by atoms with Gasteiger partial charge in [-0.25, -0.2) is 5.09 Å². The number of aliphatic hydroxyl groups excluding tert-OH is 3. The van der Waals surface area contributed by atoms with E-state index < -0.39 is 62.4 Å². The Morgan fingerprint density at radius 2 is 1.77 bits per heavy atom. The normalized spacial score (nSPS) is 26.1. The topological polar surface area (TPSA) is 216 Å². The first kappa shape index (κ1) is 36.7. The summed E-state index contributed by atoms with van der Waals surface area (Å²) in [7, 11) is -5.10. The summed E-state index contributed by atoms with van der Waals surface area (Å²) in [6.45, 7) is 4.81. The van der Waals surface area contributed by atoms with E-state index in [1.54, 1.807) is 32.2 Å². The fraction of sp³-hybridized carbons (Fsp3) is 0.565. The molecule has 1 saturated heterocycles. The molecule has 8 atom stereocenters. The number of aliphatic hydroxyl groups is 3. The van der Waals surface area contributed by atoms with Crippen molar-refractivity contribution in [2.75, 3.05) is 0 Å². The maximum atomic E-state index is 13.0. The Kier molecular flexibility index (Phi) is 14.8. The number of ether oxygens (including phenoxy) is 1. The van der Waals surface area contributed by atoms with Gasteiger partial charge in [0, 0.05) is 23.5 Å². The molecule has 2 heterocycles. The van der Waals surface area contributed by atoms with Crippen LogP contribution in [0.2, 0.25) is 0 Å². The molecule has 3 rings (SSSR count). The Morgan fingerprint density at radius 3 is 2.38 bits per heavy atom. The monoisotopic (exact) mass is 587 g/mol. The van der Waals surface area contributed by atoms with Gasteiger partial charge in [-0.3, -0.25) is 13.9 Å². The van der Waals surface area contributed by atoms with Gasteiger partial charge in [-0.15, -0.1) is 0 Å². The third kappa shape index (κ3) is 9.86. The molecule has 0 bridgehead atoms. The second-order valence-electron chi connectivity index (χ2n) is 9.54. The Hall–Kier alpha value is -0.350. The third-order valence-corrected chi connectivity index (χ3v) is 7.20. The van der Waals surface area contributed by atoms with Crippen LogP contribution in [-0.2, 0) is 29.8 Å². The van der Waals surface area contributed by atoms with Crippen LogP contribution in [0.1, 0.15) is 32.8 Å². The molecular weight excluding hydrogens is 555 g/mol. The molecule has 13 nitrogen and oxygen atoms in total. The van der Waals surface area contributed by atoms with Gasteiger partial charge in [-0.2, -0.15) is 0 Å². The van der Waals surface area contributed by atoms with E-state index in [0.717, 1.165) is 10.9 Å². The number of carboxylic acids is 1. The molecule has 39 heavy (non-hydrogen) atoms. The number of hydrogen-bond donors (Lipinski definition) is 6. The minimum absolute atomic E-state index is 0. The van der Waals surface area contributed by atoms with E-state index in [9.17, 15) is 39.5 Å². The van der Waals surface area contributed by atoms with Crippen molar-refractivity contribution in [3.63, 3.8) is 0 Å². The molecule has 0 saturated carbocycles. The summed E-state index contributed by atoms with van der Waals surface area (Å²) in [5.74, 6) is -2.66. The molecule has 1 aliphatic heterocycles. The van der Waals surface area contributed by atoms with E-state index in [1.165, 1.54) is 6.92 Å². The first-order chi connectivity index (χ1) is 17.3. The van der Waals surface area contributed by atoms with Crippen LogP contribution in [0.15, 0.2) is 30.5 Å². The number of carbonyl (C=O) groups excluding carboxylic acids is 2. The van der Waals surface area contributed by atoms with Crippen LogP contribution < -0.4 is 79.5 Å². The first-order valence-electron chi connectivity index (χ1n) is 11.8. The van der Waals surface area contributed by atoms with Crippen molar-refractivity contribution in [2.24, 2.45) is 5.92 Å². The zero-order valence-corrected chi connectivity index (χ0v) is 27.5. The molecule has 206 valence electrons. The van der Waals surface area contributed by atoms with E-state index in [1.807, 2.05) is 12.1 Å². The summed E-state index contributed by atoms with van der Waals surface area (Å²) in [4.78, 5) is 40.6. The average molecular weight is 587 g/mol. The first-order valence-corrected chi connectivity index (χ1v) is 13.4. The fourth-order valence-corrected chi connectivity index (χ4v) is 5.25. The number of aliphatic carboxylic acids is 1. The largest absolute Gasteiger partial charge is 1.00 e. The zero-order chi connectivity index (χ0) is 27.5. The van der Waals surface area contributed by atoms with Crippen LogP contribution in [0.25, 0.3) is 10.9 Å². The van der Waals surface area contributed by atoms with Gasteiger partial charge in [0.1, 0.15) is 18.3 Å². The molecule has 1 aromatic carbocycles. The number of nitrogens with one attached hydrogen (secondary N) is 3. The van der Waals surface area contributed by atoms with Crippen molar-refractivity contribution in [2.45, 2.75) is 76.4 Å². The second kappa shape index (κ2) is 15.8. The van der Waals surface area contributed by atoms with Crippen LogP contribution in [-0.4, -0.2) is 75.0 Å². The van der Waals surface area contributed by atoms with Gasteiger partial charge < -0.3 is 45.2 Å². The van der Waals surface area contributed by atoms with Crippen LogP contribution in [0.4, 0.5) is 0 Å². The standard InChI is InChI=1S/C23H34N3O10P.2Na/c1-11(2)8-16(26-37(33,34)36-23-20(29)19(28)18(27)12(3)35-23)21(30)25-17(22(31)32)9-13-10-24-15-7-5-4-6-14(13)15;;/h4-7,10-12,16-20,23-24,27-29H,8-9H2,1-3H3,(H,25,30)(H,31,32)(H2,26,33,34);;/q;2*+1/p-2/t12-,16+,17+,18+,19+,20+,23-;;/m0../s1. The summed E-state index contributed by atoms with van der Waals surface area (Å²) < 4.78 is 22.7. The number of amides is 1. The number of rotatable bonds is 11. The number of benzene rings is 1.